The molecule has 0 saturated carbocycles. The summed E-state index contributed by atoms with van der Waals surface area (Å²) >= 11 is 1.45. The Morgan fingerprint density at radius 3 is 2.03 bits per heavy atom. The van der Waals surface area contributed by atoms with E-state index < -0.39 is 11.9 Å². The number of aliphatic hydroxyl groups is 2. The highest BCUT2D eigenvalue weighted by molar-refractivity contribution is 7.24. The lowest BCUT2D eigenvalue weighted by molar-refractivity contribution is -0.274. The fourth-order valence-electron chi connectivity index (χ4n) is 3.55. The zero-order valence-corrected chi connectivity index (χ0v) is 19.2. The summed E-state index contributed by atoms with van der Waals surface area (Å²) in [5, 5.41) is 19.8. The van der Waals surface area contributed by atoms with Crippen LogP contribution in [0, 0.1) is 0 Å². The Morgan fingerprint density at radius 2 is 1.40 bits per heavy atom. The molecule has 0 saturated heterocycles. The van der Waals surface area contributed by atoms with Crippen LogP contribution >= 0.6 is 11.3 Å². The minimum absolute atomic E-state index is 0.182. The van der Waals surface area contributed by atoms with E-state index in [2.05, 4.69) is 4.74 Å². The van der Waals surface area contributed by atoms with Crippen LogP contribution in [-0.4, -0.2) is 35.3 Å². The second kappa shape index (κ2) is 9.82. The molecule has 4 N–H and O–H groups in total. The maximum absolute atomic E-state index is 13.3. The van der Waals surface area contributed by atoms with Crippen molar-refractivity contribution in [3.05, 3.63) is 76.5 Å². The zero-order valence-electron chi connectivity index (χ0n) is 18.3. The quantitative estimate of drug-likeness (QED) is 0.300. The number of ether oxygens (including phenoxy) is 2. The van der Waals surface area contributed by atoms with Crippen molar-refractivity contribution >= 4 is 31.5 Å². The van der Waals surface area contributed by atoms with Gasteiger partial charge in [-0.05, 0) is 73.0 Å². The zero-order chi connectivity index (χ0) is 25.2. The first-order chi connectivity index (χ1) is 16.6. The molecule has 3 aromatic carbocycles. The number of rotatable bonds is 8. The van der Waals surface area contributed by atoms with E-state index in [-0.39, 0.29) is 30.1 Å². The van der Waals surface area contributed by atoms with Crippen molar-refractivity contribution in [2.75, 3.05) is 13.2 Å². The van der Waals surface area contributed by atoms with Crippen LogP contribution in [0.4, 0.5) is 13.2 Å². The van der Waals surface area contributed by atoms with Crippen LogP contribution < -0.4 is 20.6 Å². The first kappa shape index (κ1) is 24.9. The Labute approximate surface area is 202 Å². The van der Waals surface area contributed by atoms with Gasteiger partial charge in [0, 0.05) is 20.2 Å². The van der Waals surface area contributed by atoms with Crippen LogP contribution in [0.3, 0.4) is 0 Å². The van der Waals surface area contributed by atoms with E-state index in [4.69, 9.17) is 10.5 Å². The van der Waals surface area contributed by atoms with E-state index in [1.807, 2.05) is 12.1 Å². The molecule has 6 nitrogen and oxygen atoms in total. The standard InChI is InChI=1S/C25H22F3NO5S/c26-25(27,28)34-17-4-2-16(3-5-17)33-18-6-8-22-20(12-18)23(32)19-11-15(1-7-21(19)35-22)9-10-24(29,13-30)14-31/h1-8,11-12,30-31H,9-10,13-14,29H2. The SMILES string of the molecule is NC(CO)(CO)CCc1ccc2sc3ccc(Oc4ccc(OC(F)(F)F)cc4)cc3c(=O)c2c1. The molecule has 0 radical (unpaired) electrons. The molecule has 0 atom stereocenters. The number of hydrogen-bond acceptors (Lipinski definition) is 7. The largest absolute Gasteiger partial charge is 0.573 e. The van der Waals surface area contributed by atoms with Crippen molar-refractivity contribution in [3.63, 3.8) is 0 Å². The minimum Gasteiger partial charge on any atom is -0.457 e. The van der Waals surface area contributed by atoms with Gasteiger partial charge in [-0.3, -0.25) is 4.79 Å². The molecule has 4 rings (SSSR count). The number of fused-ring (bicyclic) bond motifs is 2. The molecular weight excluding hydrogens is 483 g/mol. The number of nitrogens with two attached hydrogens (primary N) is 1. The van der Waals surface area contributed by atoms with Crippen molar-refractivity contribution in [2.45, 2.75) is 24.7 Å². The third kappa shape index (κ3) is 5.91. The molecule has 1 aromatic heterocycles. The molecule has 184 valence electrons. The van der Waals surface area contributed by atoms with Gasteiger partial charge in [-0.25, -0.2) is 0 Å². The Morgan fingerprint density at radius 1 is 0.829 bits per heavy atom. The summed E-state index contributed by atoms with van der Waals surface area (Å²) in [4.78, 5) is 13.3. The molecule has 0 bridgehead atoms. The van der Waals surface area contributed by atoms with Crippen LogP contribution in [0.25, 0.3) is 20.2 Å². The van der Waals surface area contributed by atoms with Crippen molar-refractivity contribution in [1.29, 1.82) is 0 Å². The van der Waals surface area contributed by atoms with Crippen LogP contribution in [-0.2, 0) is 6.42 Å². The Bertz CT molecular complexity index is 1400. The van der Waals surface area contributed by atoms with Gasteiger partial charge in [0.1, 0.15) is 17.2 Å². The lowest BCUT2D eigenvalue weighted by atomic mass is 9.93. The van der Waals surface area contributed by atoms with Gasteiger partial charge in [0.05, 0.1) is 18.8 Å². The predicted molar refractivity (Wildman–Crippen MR) is 128 cm³/mol. The van der Waals surface area contributed by atoms with Gasteiger partial charge >= 0.3 is 6.36 Å². The molecule has 0 unspecified atom stereocenters. The van der Waals surface area contributed by atoms with Crippen LogP contribution in [0.2, 0.25) is 0 Å². The average Bonchev–Trinajstić information content (AvgIpc) is 2.83. The monoisotopic (exact) mass is 505 g/mol. The Balaban J connectivity index is 1.60. The molecule has 0 amide bonds. The van der Waals surface area contributed by atoms with E-state index in [9.17, 15) is 28.2 Å². The molecule has 4 aromatic rings. The Hall–Kier alpha value is -3.18. The van der Waals surface area contributed by atoms with E-state index in [1.54, 1.807) is 24.3 Å². The summed E-state index contributed by atoms with van der Waals surface area (Å²) in [6, 6.07) is 15.6. The van der Waals surface area contributed by atoms with Crippen molar-refractivity contribution in [2.24, 2.45) is 5.73 Å². The molecule has 0 aliphatic heterocycles. The molecule has 10 heteroatoms. The smallest absolute Gasteiger partial charge is 0.457 e. The van der Waals surface area contributed by atoms with Gasteiger partial charge in [0.25, 0.3) is 0 Å². The molecule has 0 spiro atoms. The van der Waals surface area contributed by atoms with Gasteiger partial charge in [-0.1, -0.05) is 6.07 Å². The van der Waals surface area contributed by atoms with Gasteiger partial charge < -0.3 is 25.4 Å². The second-order valence-corrected chi connectivity index (χ2v) is 9.30. The lowest BCUT2D eigenvalue weighted by Gasteiger charge is -2.24. The van der Waals surface area contributed by atoms with Crippen molar-refractivity contribution in [3.8, 4) is 17.2 Å². The Kier molecular flexibility index (Phi) is 7.00. The topological polar surface area (TPSA) is 102 Å². The van der Waals surface area contributed by atoms with Crippen LogP contribution in [0.15, 0.2) is 65.5 Å². The van der Waals surface area contributed by atoms with Crippen molar-refractivity contribution in [1.82, 2.24) is 0 Å². The number of alkyl halides is 3. The van der Waals surface area contributed by atoms with Gasteiger partial charge in [0.2, 0.25) is 0 Å². The highest BCUT2D eigenvalue weighted by Gasteiger charge is 2.31. The average molecular weight is 506 g/mol. The highest BCUT2D eigenvalue weighted by Crippen LogP contribution is 2.31. The van der Waals surface area contributed by atoms with E-state index >= 15 is 0 Å². The fraction of sp³-hybridized carbons (Fsp3) is 0.240. The van der Waals surface area contributed by atoms with E-state index in [1.165, 1.54) is 23.5 Å². The number of halogens is 3. The van der Waals surface area contributed by atoms with Gasteiger partial charge in [-0.15, -0.1) is 24.5 Å². The molecule has 0 aliphatic rings. The summed E-state index contributed by atoms with van der Waals surface area (Å²) in [5.41, 5.74) is 5.52. The molecule has 1 heterocycles. The van der Waals surface area contributed by atoms with Gasteiger partial charge in [-0.2, -0.15) is 0 Å². The third-order valence-electron chi connectivity index (χ3n) is 5.54. The normalized spacial score (nSPS) is 12.3. The summed E-state index contributed by atoms with van der Waals surface area (Å²) in [5.74, 6) is 0.288. The van der Waals surface area contributed by atoms with Gasteiger partial charge in [0.15, 0.2) is 5.43 Å². The number of benzene rings is 3. The molecular formula is C25H22F3NO5S. The molecule has 0 fully saturated rings. The fourth-order valence-corrected chi connectivity index (χ4v) is 4.58. The van der Waals surface area contributed by atoms with E-state index in [0.29, 0.717) is 29.4 Å². The van der Waals surface area contributed by atoms with Crippen LogP contribution in [0.5, 0.6) is 17.2 Å². The first-order valence-corrected chi connectivity index (χ1v) is 11.4. The highest BCUT2D eigenvalue weighted by atomic mass is 32.1. The maximum atomic E-state index is 13.3. The molecule has 35 heavy (non-hydrogen) atoms. The second-order valence-electron chi connectivity index (χ2n) is 8.22. The van der Waals surface area contributed by atoms with Crippen molar-refractivity contribution < 1.29 is 32.9 Å². The summed E-state index contributed by atoms with van der Waals surface area (Å²) < 4.78 is 48.1. The first-order valence-electron chi connectivity index (χ1n) is 10.6. The summed E-state index contributed by atoms with van der Waals surface area (Å²) in [6.07, 6.45) is -3.95. The minimum atomic E-state index is -4.78. The summed E-state index contributed by atoms with van der Waals surface area (Å²) in [6.45, 7) is -0.699. The molecule has 0 aliphatic carbocycles. The predicted octanol–water partition coefficient (Wildman–Crippen LogP) is 4.72. The third-order valence-corrected chi connectivity index (χ3v) is 6.69. The van der Waals surface area contributed by atoms with E-state index in [0.717, 1.165) is 27.1 Å². The lowest BCUT2D eigenvalue weighted by Crippen LogP contribution is -2.47. The number of aryl methyl sites for hydroxylation is 1. The number of hydrogen-bond donors (Lipinski definition) is 3. The van der Waals surface area contributed by atoms with Crippen LogP contribution in [0.1, 0.15) is 12.0 Å². The summed E-state index contributed by atoms with van der Waals surface area (Å²) in [7, 11) is 0. The number of aliphatic hydroxyl groups excluding tert-OH is 2. The maximum Gasteiger partial charge on any atom is 0.573 e.